The quantitative estimate of drug-likeness (QED) is 0.588. The van der Waals surface area contributed by atoms with Gasteiger partial charge in [-0.05, 0) is 49.4 Å². The van der Waals surface area contributed by atoms with E-state index in [9.17, 15) is 13.5 Å². The summed E-state index contributed by atoms with van der Waals surface area (Å²) in [5.41, 5.74) is 0.680. The molecule has 0 fully saturated rings. The van der Waals surface area contributed by atoms with E-state index in [1.165, 1.54) is 12.1 Å². The fourth-order valence-corrected chi connectivity index (χ4v) is 3.38. The predicted molar refractivity (Wildman–Crippen MR) is 97.0 cm³/mol. The van der Waals surface area contributed by atoms with Crippen molar-refractivity contribution in [2.75, 3.05) is 6.61 Å². The van der Waals surface area contributed by atoms with Gasteiger partial charge in [0, 0.05) is 9.86 Å². The number of rotatable bonds is 5. The summed E-state index contributed by atoms with van der Waals surface area (Å²) in [6.07, 6.45) is 0. The van der Waals surface area contributed by atoms with E-state index in [0.29, 0.717) is 23.3 Å². The largest absolute Gasteiger partial charge is 0.494 e. The molecule has 3 rings (SSSR count). The summed E-state index contributed by atoms with van der Waals surface area (Å²) in [6.45, 7) is 2.33. The highest BCUT2D eigenvalue weighted by atomic mass is 79.9. The molecule has 0 aliphatic carbocycles. The summed E-state index contributed by atoms with van der Waals surface area (Å²) < 4.78 is 34.1. The number of aromatic nitrogens is 1. The zero-order chi connectivity index (χ0) is 18.0. The Kier molecular flexibility index (Phi) is 4.78. The Morgan fingerprint density at radius 2 is 1.92 bits per heavy atom. The Morgan fingerprint density at radius 1 is 1.20 bits per heavy atom. The van der Waals surface area contributed by atoms with Crippen molar-refractivity contribution in [1.82, 2.24) is 4.98 Å². The molecule has 3 aromatic rings. The highest BCUT2D eigenvalue weighted by Gasteiger charge is 2.16. The minimum atomic E-state index is -4.00. The molecule has 130 valence electrons. The molecule has 0 radical (unpaired) electrons. The van der Waals surface area contributed by atoms with Crippen LogP contribution in [0.15, 0.2) is 61.5 Å². The van der Waals surface area contributed by atoms with E-state index in [2.05, 4.69) is 30.5 Å². The Bertz CT molecular complexity index is 1040. The molecule has 0 aliphatic rings. The maximum atomic E-state index is 12.3. The topological polar surface area (TPSA) is 104 Å². The molecule has 9 heteroatoms. The standard InChI is InChI=1S/C16H14BrN3O4S/c1-2-24-11-4-6-12(7-5-11)25(22,23)20-19-15-13-9-10(17)3-8-14(13)18-16(15)21/h3-9,18,21H,2H2,1H3. The van der Waals surface area contributed by atoms with E-state index < -0.39 is 10.0 Å². The number of aromatic hydroxyl groups is 1. The van der Waals surface area contributed by atoms with E-state index in [1.807, 2.05) is 6.92 Å². The molecule has 0 aliphatic heterocycles. The molecule has 1 aromatic heterocycles. The van der Waals surface area contributed by atoms with Crippen molar-refractivity contribution in [2.24, 2.45) is 9.63 Å². The summed E-state index contributed by atoms with van der Waals surface area (Å²) in [5.74, 6) is 0.316. The van der Waals surface area contributed by atoms with Crippen LogP contribution >= 0.6 is 15.9 Å². The Labute approximate surface area is 152 Å². The lowest BCUT2D eigenvalue weighted by molar-refractivity contribution is 0.340. The summed E-state index contributed by atoms with van der Waals surface area (Å²) in [6, 6.07) is 11.1. The lowest BCUT2D eigenvalue weighted by atomic mass is 10.2. The van der Waals surface area contributed by atoms with Gasteiger partial charge >= 0.3 is 0 Å². The SMILES string of the molecule is CCOc1ccc(S(=O)(=O)N=Nc2c(O)[nH]c3ccc(Br)cc23)cc1. The molecule has 0 amide bonds. The normalized spacial score (nSPS) is 12.1. The van der Waals surface area contributed by atoms with Crippen LogP contribution in [0.5, 0.6) is 11.6 Å². The third-order valence-corrected chi connectivity index (χ3v) is 5.05. The number of H-pyrrole nitrogens is 1. The summed E-state index contributed by atoms with van der Waals surface area (Å²) in [4.78, 5) is 2.71. The molecule has 0 spiro atoms. The number of nitrogens with zero attached hydrogens (tertiary/aromatic N) is 2. The second-order valence-electron chi connectivity index (χ2n) is 5.07. The first kappa shape index (κ1) is 17.4. The monoisotopic (exact) mass is 423 g/mol. The smallest absolute Gasteiger partial charge is 0.299 e. The molecule has 1 heterocycles. The van der Waals surface area contributed by atoms with Crippen LogP contribution < -0.4 is 4.74 Å². The number of hydrogen-bond acceptors (Lipinski definition) is 5. The van der Waals surface area contributed by atoms with Crippen molar-refractivity contribution in [2.45, 2.75) is 11.8 Å². The van der Waals surface area contributed by atoms with Gasteiger partial charge in [-0.15, -0.1) is 5.11 Å². The summed E-state index contributed by atoms with van der Waals surface area (Å²) in [7, 11) is -4.00. The van der Waals surface area contributed by atoms with Gasteiger partial charge in [-0.3, -0.25) is 0 Å². The zero-order valence-corrected chi connectivity index (χ0v) is 15.5. The van der Waals surface area contributed by atoms with E-state index in [-0.39, 0.29) is 16.5 Å². The van der Waals surface area contributed by atoms with Gasteiger partial charge in [0.2, 0.25) is 5.88 Å². The Morgan fingerprint density at radius 3 is 2.60 bits per heavy atom. The lowest BCUT2D eigenvalue weighted by Crippen LogP contribution is -1.96. The minimum Gasteiger partial charge on any atom is -0.494 e. The van der Waals surface area contributed by atoms with Crippen LogP contribution in [-0.2, 0) is 10.0 Å². The number of hydrogen-bond donors (Lipinski definition) is 2. The molecule has 2 aromatic carbocycles. The van der Waals surface area contributed by atoms with Gasteiger partial charge in [-0.1, -0.05) is 20.4 Å². The van der Waals surface area contributed by atoms with Crippen LogP contribution in [0.4, 0.5) is 5.69 Å². The van der Waals surface area contributed by atoms with Crippen LogP contribution in [0.3, 0.4) is 0 Å². The van der Waals surface area contributed by atoms with Crippen LogP contribution in [-0.4, -0.2) is 25.1 Å². The number of fused-ring (bicyclic) bond motifs is 1. The van der Waals surface area contributed by atoms with Crippen LogP contribution in [0.25, 0.3) is 10.9 Å². The van der Waals surface area contributed by atoms with Gasteiger partial charge < -0.3 is 14.8 Å². The molecular weight excluding hydrogens is 410 g/mol. The van der Waals surface area contributed by atoms with Gasteiger partial charge in [0.05, 0.1) is 17.0 Å². The third-order valence-electron chi connectivity index (χ3n) is 3.40. The van der Waals surface area contributed by atoms with Crippen LogP contribution in [0, 0.1) is 0 Å². The van der Waals surface area contributed by atoms with E-state index in [1.54, 1.807) is 30.3 Å². The first-order valence-electron chi connectivity index (χ1n) is 7.32. The van der Waals surface area contributed by atoms with Gasteiger partial charge in [0.1, 0.15) is 5.75 Å². The fourth-order valence-electron chi connectivity index (χ4n) is 2.25. The lowest BCUT2D eigenvalue weighted by Gasteiger charge is -2.03. The molecule has 0 saturated heterocycles. The first-order valence-corrected chi connectivity index (χ1v) is 9.55. The number of halogens is 1. The molecule has 7 nitrogen and oxygen atoms in total. The Balaban J connectivity index is 1.95. The van der Waals surface area contributed by atoms with Crippen molar-refractivity contribution >= 4 is 42.5 Å². The van der Waals surface area contributed by atoms with E-state index in [4.69, 9.17) is 4.74 Å². The van der Waals surface area contributed by atoms with Crippen molar-refractivity contribution in [3.05, 3.63) is 46.9 Å². The zero-order valence-electron chi connectivity index (χ0n) is 13.1. The second kappa shape index (κ2) is 6.85. The van der Waals surface area contributed by atoms with Crippen LogP contribution in [0.2, 0.25) is 0 Å². The van der Waals surface area contributed by atoms with Gasteiger partial charge in [-0.2, -0.15) is 8.42 Å². The van der Waals surface area contributed by atoms with Gasteiger partial charge in [0.25, 0.3) is 10.0 Å². The van der Waals surface area contributed by atoms with Crippen molar-refractivity contribution in [1.29, 1.82) is 0 Å². The number of ether oxygens (including phenoxy) is 1. The molecule has 0 atom stereocenters. The number of sulfonamides is 1. The van der Waals surface area contributed by atoms with Crippen molar-refractivity contribution in [3.8, 4) is 11.6 Å². The molecule has 25 heavy (non-hydrogen) atoms. The highest BCUT2D eigenvalue weighted by molar-refractivity contribution is 9.10. The molecule has 2 N–H and O–H groups in total. The second-order valence-corrected chi connectivity index (χ2v) is 7.57. The maximum Gasteiger partial charge on any atom is 0.299 e. The average molecular weight is 424 g/mol. The first-order chi connectivity index (χ1) is 11.9. The summed E-state index contributed by atoms with van der Waals surface area (Å²) >= 11 is 3.32. The van der Waals surface area contributed by atoms with Crippen molar-refractivity contribution < 1.29 is 18.3 Å². The summed E-state index contributed by atoms with van der Waals surface area (Å²) in [5, 5.41) is 14.3. The Hall–Kier alpha value is -2.39. The number of nitrogens with one attached hydrogen (secondary N) is 1. The average Bonchev–Trinajstić information content (AvgIpc) is 2.88. The predicted octanol–water partition coefficient (Wildman–Crippen LogP) is 4.51. The van der Waals surface area contributed by atoms with E-state index >= 15 is 0 Å². The van der Waals surface area contributed by atoms with E-state index in [0.717, 1.165) is 4.47 Å². The number of aromatic amines is 1. The highest BCUT2D eigenvalue weighted by Crippen LogP contribution is 2.37. The minimum absolute atomic E-state index is 0.0137. The van der Waals surface area contributed by atoms with Gasteiger partial charge in [0.15, 0.2) is 5.69 Å². The fraction of sp³-hybridized carbons (Fsp3) is 0.125. The van der Waals surface area contributed by atoms with Crippen LogP contribution in [0.1, 0.15) is 6.92 Å². The molecular formula is C16H14BrN3O4S. The maximum absolute atomic E-state index is 12.3. The third kappa shape index (κ3) is 3.67. The molecule has 0 bridgehead atoms. The molecule has 0 saturated carbocycles. The van der Waals surface area contributed by atoms with Crippen molar-refractivity contribution in [3.63, 3.8) is 0 Å². The number of benzene rings is 2. The van der Waals surface area contributed by atoms with Gasteiger partial charge in [-0.25, -0.2) is 0 Å². The molecule has 0 unspecified atom stereocenters.